The third kappa shape index (κ3) is 5.04. The van der Waals surface area contributed by atoms with Crippen LogP contribution >= 0.6 is 23.1 Å². The van der Waals surface area contributed by atoms with E-state index in [2.05, 4.69) is 35.1 Å². The third-order valence-corrected chi connectivity index (χ3v) is 7.78. The maximum Gasteiger partial charge on any atom is 0.251 e. The van der Waals surface area contributed by atoms with Crippen LogP contribution in [0.5, 0.6) is 0 Å². The predicted octanol–water partition coefficient (Wildman–Crippen LogP) is 4.46. The summed E-state index contributed by atoms with van der Waals surface area (Å²) in [7, 11) is 0. The summed E-state index contributed by atoms with van der Waals surface area (Å²) in [5, 5.41) is 12.8. The summed E-state index contributed by atoms with van der Waals surface area (Å²) in [6.45, 7) is 8.59. The van der Waals surface area contributed by atoms with Crippen LogP contribution in [0.1, 0.15) is 39.7 Å². The lowest BCUT2D eigenvalue weighted by molar-refractivity contribution is -0.113. The molecule has 172 valence electrons. The van der Waals surface area contributed by atoms with Gasteiger partial charge in [0.25, 0.3) is 5.91 Å². The molecule has 0 saturated heterocycles. The standard InChI is InChI=1S/C24H27N5O2S2/c1-4-10-29-22(16-7-5-6-14(2)11-16)27-28-24(29)32-13-19(30)26-23-20(21(25)31)17-9-8-15(3)12-18(17)33-23/h4-7,11,15H,1,8-10,12-13H2,2-3H3,(H2,25,31)(H,26,30). The second-order valence-electron chi connectivity index (χ2n) is 8.33. The number of allylic oxidation sites excluding steroid dienone is 1. The number of nitrogens with one attached hydrogen (secondary N) is 1. The highest BCUT2D eigenvalue weighted by atomic mass is 32.2. The SMILES string of the molecule is C=CCn1c(SCC(=O)Nc2sc3c(c2C(N)=O)CCC(C)C3)nnc1-c1cccc(C)c1. The van der Waals surface area contributed by atoms with Gasteiger partial charge in [0.05, 0.1) is 11.3 Å². The van der Waals surface area contributed by atoms with E-state index in [4.69, 9.17) is 5.73 Å². The smallest absolute Gasteiger partial charge is 0.251 e. The minimum Gasteiger partial charge on any atom is -0.365 e. The molecule has 3 N–H and O–H groups in total. The number of primary amides is 1. The summed E-state index contributed by atoms with van der Waals surface area (Å²) < 4.78 is 1.94. The van der Waals surface area contributed by atoms with Crippen molar-refractivity contribution in [2.45, 2.75) is 44.8 Å². The summed E-state index contributed by atoms with van der Waals surface area (Å²) in [5.74, 6) is 0.741. The number of amides is 2. The molecule has 1 aromatic carbocycles. The second-order valence-corrected chi connectivity index (χ2v) is 10.4. The molecule has 1 aliphatic rings. The van der Waals surface area contributed by atoms with Gasteiger partial charge in [-0.25, -0.2) is 0 Å². The minimum atomic E-state index is -0.487. The highest BCUT2D eigenvalue weighted by Crippen LogP contribution is 2.39. The van der Waals surface area contributed by atoms with Crippen LogP contribution in [0.2, 0.25) is 0 Å². The van der Waals surface area contributed by atoms with Crippen LogP contribution < -0.4 is 11.1 Å². The number of aryl methyl sites for hydroxylation is 1. The maximum absolute atomic E-state index is 12.8. The van der Waals surface area contributed by atoms with Crippen molar-refractivity contribution in [3.05, 3.63) is 58.5 Å². The highest BCUT2D eigenvalue weighted by Gasteiger charge is 2.27. The van der Waals surface area contributed by atoms with Gasteiger partial charge < -0.3 is 11.1 Å². The lowest BCUT2D eigenvalue weighted by Gasteiger charge is -2.18. The number of nitrogens with zero attached hydrogens (tertiary/aromatic N) is 3. The molecule has 1 unspecified atom stereocenters. The fourth-order valence-electron chi connectivity index (χ4n) is 4.08. The number of benzene rings is 1. The summed E-state index contributed by atoms with van der Waals surface area (Å²) >= 11 is 2.77. The molecular weight excluding hydrogens is 454 g/mol. The molecule has 0 bridgehead atoms. The number of fused-ring (bicyclic) bond motifs is 1. The summed E-state index contributed by atoms with van der Waals surface area (Å²) in [5.41, 5.74) is 9.23. The van der Waals surface area contributed by atoms with E-state index in [1.165, 1.54) is 23.1 Å². The van der Waals surface area contributed by atoms with E-state index in [-0.39, 0.29) is 11.7 Å². The molecule has 2 amide bonds. The molecule has 0 saturated carbocycles. The zero-order valence-corrected chi connectivity index (χ0v) is 20.4. The van der Waals surface area contributed by atoms with Gasteiger partial charge in [-0.1, -0.05) is 48.5 Å². The van der Waals surface area contributed by atoms with Crippen LogP contribution in [0, 0.1) is 12.8 Å². The first-order valence-electron chi connectivity index (χ1n) is 10.9. The van der Waals surface area contributed by atoms with Crippen molar-refractivity contribution < 1.29 is 9.59 Å². The van der Waals surface area contributed by atoms with Gasteiger partial charge in [-0.3, -0.25) is 14.2 Å². The lowest BCUT2D eigenvalue weighted by atomic mass is 9.88. The number of nitrogens with two attached hydrogens (primary N) is 1. The van der Waals surface area contributed by atoms with E-state index in [0.29, 0.717) is 28.2 Å². The van der Waals surface area contributed by atoms with E-state index >= 15 is 0 Å². The van der Waals surface area contributed by atoms with Crippen molar-refractivity contribution in [3.63, 3.8) is 0 Å². The minimum absolute atomic E-state index is 0.139. The largest absolute Gasteiger partial charge is 0.365 e. The zero-order chi connectivity index (χ0) is 23.5. The molecule has 4 rings (SSSR count). The van der Waals surface area contributed by atoms with Gasteiger partial charge >= 0.3 is 0 Å². The number of rotatable bonds is 8. The molecule has 2 heterocycles. The number of carbonyl (C=O) groups excluding carboxylic acids is 2. The number of hydrogen-bond donors (Lipinski definition) is 2. The first kappa shape index (κ1) is 23.3. The van der Waals surface area contributed by atoms with Gasteiger partial charge in [-0.15, -0.1) is 28.1 Å². The van der Waals surface area contributed by atoms with Crippen LogP contribution in [-0.4, -0.2) is 32.3 Å². The molecule has 0 aliphatic heterocycles. The Kier molecular flexibility index (Phi) is 6.99. The molecule has 0 radical (unpaired) electrons. The van der Waals surface area contributed by atoms with Crippen LogP contribution in [0.4, 0.5) is 5.00 Å². The fraction of sp³-hybridized carbons (Fsp3) is 0.333. The van der Waals surface area contributed by atoms with Crippen molar-refractivity contribution in [1.82, 2.24) is 14.8 Å². The Morgan fingerprint density at radius 3 is 2.94 bits per heavy atom. The molecule has 0 spiro atoms. The van der Waals surface area contributed by atoms with E-state index in [1.54, 1.807) is 6.08 Å². The van der Waals surface area contributed by atoms with E-state index in [1.807, 2.05) is 29.7 Å². The molecule has 9 heteroatoms. The summed E-state index contributed by atoms with van der Waals surface area (Å²) in [4.78, 5) is 26.0. The monoisotopic (exact) mass is 481 g/mol. The Morgan fingerprint density at radius 1 is 1.39 bits per heavy atom. The van der Waals surface area contributed by atoms with Gasteiger partial charge in [0, 0.05) is 17.0 Å². The van der Waals surface area contributed by atoms with Gasteiger partial charge in [-0.2, -0.15) is 0 Å². The lowest BCUT2D eigenvalue weighted by Crippen LogP contribution is -2.20. The number of thiophene rings is 1. The molecule has 3 aromatic rings. The zero-order valence-electron chi connectivity index (χ0n) is 18.8. The molecule has 1 atom stereocenters. The first-order valence-corrected chi connectivity index (χ1v) is 12.7. The second kappa shape index (κ2) is 9.93. The molecule has 2 aromatic heterocycles. The molecular formula is C24H27N5O2S2. The maximum atomic E-state index is 12.8. The Morgan fingerprint density at radius 2 is 2.21 bits per heavy atom. The van der Waals surface area contributed by atoms with Crippen molar-refractivity contribution in [1.29, 1.82) is 0 Å². The topological polar surface area (TPSA) is 103 Å². The number of thioether (sulfide) groups is 1. The highest BCUT2D eigenvalue weighted by molar-refractivity contribution is 7.99. The van der Waals surface area contributed by atoms with Crippen LogP contribution in [0.15, 0.2) is 42.1 Å². The Hall–Kier alpha value is -2.91. The van der Waals surface area contributed by atoms with E-state index < -0.39 is 5.91 Å². The Labute approximate surface area is 201 Å². The molecule has 1 aliphatic carbocycles. The number of carbonyl (C=O) groups is 2. The van der Waals surface area contributed by atoms with E-state index in [9.17, 15) is 9.59 Å². The van der Waals surface area contributed by atoms with Crippen LogP contribution in [0.25, 0.3) is 11.4 Å². The number of hydrogen-bond acceptors (Lipinski definition) is 6. The summed E-state index contributed by atoms with van der Waals surface area (Å²) in [6.07, 6.45) is 4.54. The summed E-state index contributed by atoms with van der Waals surface area (Å²) in [6, 6.07) is 8.05. The molecule has 0 fully saturated rings. The van der Waals surface area contributed by atoms with Crippen molar-refractivity contribution >= 4 is 39.9 Å². The van der Waals surface area contributed by atoms with Crippen molar-refractivity contribution in [2.24, 2.45) is 11.7 Å². The normalized spacial score (nSPS) is 15.2. The van der Waals surface area contributed by atoms with Crippen molar-refractivity contribution in [3.8, 4) is 11.4 Å². The molecule has 33 heavy (non-hydrogen) atoms. The quantitative estimate of drug-likeness (QED) is 0.365. The Balaban J connectivity index is 1.50. The number of anilines is 1. The first-order chi connectivity index (χ1) is 15.9. The van der Waals surface area contributed by atoms with Gasteiger partial charge in [0.15, 0.2) is 11.0 Å². The van der Waals surface area contributed by atoms with Gasteiger partial charge in [0.1, 0.15) is 5.00 Å². The van der Waals surface area contributed by atoms with Gasteiger partial charge in [-0.05, 0) is 43.7 Å². The Bertz CT molecular complexity index is 1210. The van der Waals surface area contributed by atoms with Crippen LogP contribution in [-0.2, 0) is 24.2 Å². The fourth-order valence-corrected chi connectivity index (χ4v) is 6.26. The van der Waals surface area contributed by atoms with Crippen LogP contribution in [0.3, 0.4) is 0 Å². The predicted molar refractivity (Wildman–Crippen MR) is 134 cm³/mol. The van der Waals surface area contributed by atoms with E-state index in [0.717, 1.165) is 46.7 Å². The van der Waals surface area contributed by atoms with Gasteiger partial charge in [0.2, 0.25) is 5.91 Å². The third-order valence-electron chi connectivity index (χ3n) is 5.65. The molecule has 7 nitrogen and oxygen atoms in total. The van der Waals surface area contributed by atoms with Crippen molar-refractivity contribution in [2.75, 3.05) is 11.1 Å². The average molecular weight is 482 g/mol. The number of aromatic nitrogens is 3. The average Bonchev–Trinajstić information content (AvgIpc) is 3.33.